The van der Waals surface area contributed by atoms with Gasteiger partial charge in [0.2, 0.25) is 0 Å². The van der Waals surface area contributed by atoms with Crippen LogP contribution in [0.2, 0.25) is 0 Å². The van der Waals surface area contributed by atoms with Crippen LogP contribution in [0.1, 0.15) is 72.9 Å². The minimum Gasteiger partial charge on any atom is -0.381 e. The summed E-state index contributed by atoms with van der Waals surface area (Å²) < 4.78 is 44.9. The van der Waals surface area contributed by atoms with Gasteiger partial charge in [-0.1, -0.05) is 6.07 Å². The molecule has 1 unspecified atom stereocenters. The molecule has 3 atom stereocenters. The van der Waals surface area contributed by atoms with Crippen molar-refractivity contribution in [2.75, 3.05) is 13.2 Å². The van der Waals surface area contributed by atoms with Crippen molar-refractivity contribution in [2.45, 2.75) is 69.6 Å². The van der Waals surface area contributed by atoms with Crippen molar-refractivity contribution in [1.29, 1.82) is 0 Å². The monoisotopic (exact) mass is 395 g/mol. The highest BCUT2D eigenvalue weighted by molar-refractivity contribution is 5.98. The lowest BCUT2D eigenvalue weighted by Gasteiger charge is -2.34. The largest absolute Gasteiger partial charge is 0.416 e. The number of nitrogens with one attached hydrogen (secondary N) is 1. The van der Waals surface area contributed by atoms with Gasteiger partial charge < -0.3 is 10.1 Å². The number of benzene rings is 1. The molecule has 1 N–H and O–H groups in total. The Morgan fingerprint density at radius 1 is 1.21 bits per heavy atom. The van der Waals surface area contributed by atoms with E-state index in [-0.39, 0.29) is 23.7 Å². The zero-order valence-electron chi connectivity index (χ0n) is 16.2. The fourth-order valence-corrected chi connectivity index (χ4v) is 4.36. The summed E-state index contributed by atoms with van der Waals surface area (Å²) in [5.41, 5.74) is 0.382. The zero-order chi connectivity index (χ0) is 19.9. The van der Waals surface area contributed by atoms with Crippen LogP contribution in [0.3, 0.4) is 0 Å². The molecule has 0 spiro atoms. The first kappa shape index (κ1) is 19.9. The van der Waals surface area contributed by atoms with Gasteiger partial charge in [-0.2, -0.15) is 13.2 Å². The van der Waals surface area contributed by atoms with E-state index in [0.717, 1.165) is 31.2 Å². The second kappa shape index (κ2) is 7.79. The van der Waals surface area contributed by atoms with Gasteiger partial charge in [0, 0.05) is 36.6 Å². The Morgan fingerprint density at radius 3 is 2.61 bits per heavy atom. The number of Topliss-reactive ketones (excluding diaryl/α,β-unsaturated/α-hetero) is 1. The van der Waals surface area contributed by atoms with Crippen LogP contribution in [0.15, 0.2) is 18.2 Å². The number of hydrogen-bond acceptors (Lipinski definition) is 3. The van der Waals surface area contributed by atoms with Gasteiger partial charge in [-0.15, -0.1) is 0 Å². The molecular formula is C22H28F3NO2. The standard InChI is InChI=1S/C22H28F3NO2/c1-13(14-2-3-14)26-20-8-9-28-12-16(20)10-21(27)18-7-6-17(22(23,24)25)11-19(18)15-4-5-15/h6-7,11,13-16,20,26H,2-5,8-10,12H2,1H3/t13?,16-,20-/m1/s1. The number of ether oxygens (including phenoxy) is 1. The van der Waals surface area contributed by atoms with Gasteiger partial charge in [-0.3, -0.25) is 4.79 Å². The highest BCUT2D eigenvalue weighted by atomic mass is 19.4. The summed E-state index contributed by atoms with van der Waals surface area (Å²) in [6, 6.07) is 4.28. The molecule has 3 fully saturated rings. The quantitative estimate of drug-likeness (QED) is 0.664. The van der Waals surface area contributed by atoms with Crippen molar-refractivity contribution in [1.82, 2.24) is 5.32 Å². The molecule has 154 valence electrons. The van der Waals surface area contributed by atoms with Crippen molar-refractivity contribution in [3.63, 3.8) is 0 Å². The molecule has 1 aliphatic heterocycles. The summed E-state index contributed by atoms with van der Waals surface area (Å²) in [4.78, 5) is 13.0. The van der Waals surface area contributed by atoms with E-state index in [1.807, 2.05) is 0 Å². The maximum Gasteiger partial charge on any atom is 0.416 e. The van der Waals surface area contributed by atoms with Crippen LogP contribution < -0.4 is 5.32 Å². The minimum atomic E-state index is -4.38. The summed E-state index contributed by atoms with van der Waals surface area (Å²) in [5, 5.41) is 3.69. The van der Waals surface area contributed by atoms with Crippen molar-refractivity contribution in [3.05, 3.63) is 34.9 Å². The number of hydrogen-bond donors (Lipinski definition) is 1. The van der Waals surface area contributed by atoms with Crippen molar-refractivity contribution >= 4 is 5.78 Å². The number of rotatable bonds is 7. The van der Waals surface area contributed by atoms with Crippen molar-refractivity contribution in [2.24, 2.45) is 11.8 Å². The third-order valence-corrected chi connectivity index (χ3v) is 6.42. The molecule has 3 aliphatic rings. The third-order valence-electron chi connectivity index (χ3n) is 6.42. The van der Waals surface area contributed by atoms with Gasteiger partial charge in [-0.05, 0) is 68.6 Å². The fourth-order valence-electron chi connectivity index (χ4n) is 4.36. The molecule has 6 heteroatoms. The van der Waals surface area contributed by atoms with E-state index >= 15 is 0 Å². The Hall–Kier alpha value is -1.40. The van der Waals surface area contributed by atoms with Gasteiger partial charge in [0.05, 0.1) is 12.2 Å². The normalized spacial score (nSPS) is 26.9. The highest BCUT2D eigenvalue weighted by Gasteiger charge is 2.37. The smallest absolute Gasteiger partial charge is 0.381 e. The summed E-state index contributed by atoms with van der Waals surface area (Å²) in [5.74, 6) is 0.831. The van der Waals surface area contributed by atoms with Crippen LogP contribution in [0.25, 0.3) is 0 Å². The Labute approximate surface area is 164 Å². The lowest BCUT2D eigenvalue weighted by atomic mass is 9.86. The molecule has 1 aromatic rings. The van der Waals surface area contributed by atoms with E-state index in [9.17, 15) is 18.0 Å². The molecule has 2 aliphatic carbocycles. The Morgan fingerprint density at radius 2 is 1.96 bits per heavy atom. The lowest BCUT2D eigenvalue weighted by molar-refractivity contribution is -0.137. The summed E-state index contributed by atoms with van der Waals surface area (Å²) in [7, 11) is 0. The van der Waals surface area contributed by atoms with Crippen molar-refractivity contribution in [3.8, 4) is 0 Å². The topological polar surface area (TPSA) is 38.3 Å². The van der Waals surface area contributed by atoms with Crippen LogP contribution in [0.5, 0.6) is 0 Å². The molecule has 1 aromatic carbocycles. The lowest BCUT2D eigenvalue weighted by Crippen LogP contribution is -2.47. The maximum absolute atomic E-state index is 13.1. The Balaban J connectivity index is 1.48. The first-order chi connectivity index (χ1) is 13.3. The van der Waals surface area contributed by atoms with Gasteiger partial charge in [0.15, 0.2) is 5.78 Å². The number of ketones is 1. The Kier molecular flexibility index (Phi) is 5.53. The van der Waals surface area contributed by atoms with E-state index in [1.165, 1.54) is 25.0 Å². The van der Waals surface area contributed by atoms with Gasteiger partial charge in [-0.25, -0.2) is 0 Å². The van der Waals surface area contributed by atoms with E-state index in [1.54, 1.807) is 0 Å². The van der Waals surface area contributed by atoms with Crippen LogP contribution in [0, 0.1) is 11.8 Å². The zero-order valence-corrected chi connectivity index (χ0v) is 16.2. The average molecular weight is 395 g/mol. The first-order valence-electron chi connectivity index (χ1n) is 10.4. The summed E-state index contributed by atoms with van der Waals surface area (Å²) >= 11 is 0. The molecule has 3 nitrogen and oxygen atoms in total. The molecule has 2 saturated carbocycles. The second-order valence-electron chi connectivity index (χ2n) is 8.72. The molecule has 0 amide bonds. The average Bonchev–Trinajstić information content (AvgIpc) is 3.55. The molecular weight excluding hydrogens is 367 g/mol. The molecule has 4 rings (SSSR count). The fraction of sp³-hybridized carbons (Fsp3) is 0.682. The number of alkyl halides is 3. The van der Waals surface area contributed by atoms with Crippen LogP contribution in [0.4, 0.5) is 13.2 Å². The Bertz CT molecular complexity index is 725. The van der Waals surface area contributed by atoms with Crippen LogP contribution >= 0.6 is 0 Å². The van der Waals surface area contributed by atoms with Crippen LogP contribution in [-0.2, 0) is 10.9 Å². The molecule has 1 heterocycles. The molecule has 0 radical (unpaired) electrons. The van der Waals surface area contributed by atoms with Gasteiger partial charge >= 0.3 is 6.18 Å². The SMILES string of the molecule is CC(N[C@@H]1CCOC[C@H]1CC(=O)c1ccc(C(F)(F)F)cc1C1CC1)C1CC1. The molecule has 0 bridgehead atoms. The van der Waals surface area contributed by atoms with Gasteiger partial charge in [0.25, 0.3) is 0 Å². The second-order valence-corrected chi connectivity index (χ2v) is 8.72. The predicted molar refractivity (Wildman–Crippen MR) is 100 cm³/mol. The number of carbonyl (C=O) groups is 1. The number of carbonyl (C=O) groups excluding carboxylic acids is 1. The highest BCUT2D eigenvalue weighted by Crippen LogP contribution is 2.44. The third kappa shape index (κ3) is 4.60. The molecule has 28 heavy (non-hydrogen) atoms. The van der Waals surface area contributed by atoms with E-state index in [2.05, 4.69) is 12.2 Å². The molecule has 0 aromatic heterocycles. The first-order valence-corrected chi connectivity index (χ1v) is 10.4. The van der Waals surface area contributed by atoms with E-state index in [0.29, 0.717) is 36.8 Å². The van der Waals surface area contributed by atoms with Crippen molar-refractivity contribution < 1.29 is 22.7 Å². The van der Waals surface area contributed by atoms with Gasteiger partial charge in [0.1, 0.15) is 0 Å². The minimum absolute atomic E-state index is 0.0583. The van der Waals surface area contributed by atoms with Crippen LogP contribution in [-0.4, -0.2) is 31.1 Å². The predicted octanol–water partition coefficient (Wildman–Crippen LogP) is 4.95. The molecule has 1 saturated heterocycles. The van der Waals surface area contributed by atoms with E-state index in [4.69, 9.17) is 4.74 Å². The summed E-state index contributed by atoms with van der Waals surface area (Å²) in [6.07, 6.45) is 1.05. The van der Waals surface area contributed by atoms with E-state index < -0.39 is 11.7 Å². The number of halogens is 3. The maximum atomic E-state index is 13.1. The summed E-state index contributed by atoms with van der Waals surface area (Å²) in [6.45, 7) is 3.42.